The summed E-state index contributed by atoms with van der Waals surface area (Å²) in [7, 11) is 3.64. The predicted molar refractivity (Wildman–Crippen MR) is 56.6 cm³/mol. The lowest BCUT2D eigenvalue weighted by Crippen LogP contribution is -2.10. The SMILES string of the molecule is CN(C)c1noc(-c2ccc(C#N)cn2)n1. The minimum atomic E-state index is 0.341. The van der Waals surface area contributed by atoms with Crippen molar-refractivity contribution in [3.8, 4) is 17.7 Å². The van der Waals surface area contributed by atoms with E-state index >= 15 is 0 Å². The normalized spacial score (nSPS) is 9.81. The summed E-state index contributed by atoms with van der Waals surface area (Å²) < 4.78 is 5.04. The largest absolute Gasteiger partial charge is 0.344 e. The molecule has 0 amide bonds. The zero-order chi connectivity index (χ0) is 11.5. The Morgan fingerprint density at radius 2 is 2.19 bits per heavy atom. The summed E-state index contributed by atoms with van der Waals surface area (Å²) in [5, 5.41) is 12.4. The van der Waals surface area contributed by atoms with E-state index in [9.17, 15) is 0 Å². The average molecular weight is 215 g/mol. The fourth-order valence-corrected chi connectivity index (χ4v) is 1.09. The molecule has 0 atom stereocenters. The first-order chi connectivity index (χ1) is 7.70. The van der Waals surface area contributed by atoms with Crippen molar-refractivity contribution in [1.29, 1.82) is 5.26 Å². The smallest absolute Gasteiger partial charge is 0.278 e. The van der Waals surface area contributed by atoms with Gasteiger partial charge in [-0.2, -0.15) is 10.2 Å². The van der Waals surface area contributed by atoms with Gasteiger partial charge in [-0.25, -0.2) is 4.98 Å². The molecule has 6 heteroatoms. The Labute approximate surface area is 92.1 Å². The number of nitrogens with zero attached hydrogens (tertiary/aromatic N) is 5. The third kappa shape index (κ3) is 1.83. The van der Waals surface area contributed by atoms with Crippen LogP contribution in [-0.2, 0) is 0 Å². The molecule has 0 aromatic carbocycles. The van der Waals surface area contributed by atoms with Gasteiger partial charge in [0.2, 0.25) is 0 Å². The Bertz CT molecular complexity index is 523. The van der Waals surface area contributed by atoms with Crippen LogP contribution in [0.15, 0.2) is 22.9 Å². The molecule has 0 saturated carbocycles. The molecule has 0 saturated heterocycles. The Balaban J connectivity index is 2.32. The summed E-state index contributed by atoms with van der Waals surface area (Å²) in [6, 6.07) is 5.32. The highest BCUT2D eigenvalue weighted by atomic mass is 16.5. The van der Waals surface area contributed by atoms with Crippen LogP contribution in [-0.4, -0.2) is 29.2 Å². The van der Waals surface area contributed by atoms with E-state index in [1.165, 1.54) is 6.20 Å². The predicted octanol–water partition coefficient (Wildman–Crippen LogP) is 1.07. The summed E-state index contributed by atoms with van der Waals surface area (Å²) in [6.07, 6.45) is 1.47. The third-order valence-corrected chi connectivity index (χ3v) is 1.93. The minimum Gasteiger partial charge on any atom is -0.344 e. The molecular weight excluding hydrogens is 206 g/mol. The number of rotatable bonds is 2. The summed E-state index contributed by atoms with van der Waals surface area (Å²) in [6.45, 7) is 0. The molecule has 2 aromatic heterocycles. The molecular formula is C10H9N5O. The van der Waals surface area contributed by atoms with Crippen molar-refractivity contribution in [3.05, 3.63) is 23.9 Å². The van der Waals surface area contributed by atoms with Gasteiger partial charge in [0.15, 0.2) is 0 Å². The molecule has 0 unspecified atom stereocenters. The van der Waals surface area contributed by atoms with Crippen molar-refractivity contribution in [2.45, 2.75) is 0 Å². The maximum atomic E-state index is 8.63. The second-order valence-electron chi connectivity index (χ2n) is 3.34. The molecule has 2 aromatic rings. The molecule has 6 nitrogen and oxygen atoms in total. The topological polar surface area (TPSA) is 78.8 Å². The fraction of sp³-hybridized carbons (Fsp3) is 0.200. The van der Waals surface area contributed by atoms with Crippen LogP contribution in [0, 0.1) is 11.3 Å². The van der Waals surface area contributed by atoms with E-state index in [0.29, 0.717) is 23.1 Å². The zero-order valence-corrected chi connectivity index (χ0v) is 8.88. The number of hydrogen-bond acceptors (Lipinski definition) is 6. The summed E-state index contributed by atoms with van der Waals surface area (Å²) in [4.78, 5) is 9.93. The standard InChI is InChI=1S/C10H9N5O/c1-15(2)10-13-9(16-14-10)8-4-3-7(5-11)6-12-8/h3-4,6H,1-2H3. The average Bonchev–Trinajstić information content (AvgIpc) is 2.78. The highest BCUT2D eigenvalue weighted by Crippen LogP contribution is 2.17. The van der Waals surface area contributed by atoms with Gasteiger partial charge in [0, 0.05) is 20.3 Å². The van der Waals surface area contributed by atoms with Crippen LogP contribution in [0.2, 0.25) is 0 Å². The van der Waals surface area contributed by atoms with E-state index in [1.54, 1.807) is 17.0 Å². The van der Waals surface area contributed by atoms with Gasteiger partial charge < -0.3 is 9.42 Å². The van der Waals surface area contributed by atoms with E-state index in [2.05, 4.69) is 15.1 Å². The van der Waals surface area contributed by atoms with Crippen molar-refractivity contribution < 1.29 is 4.52 Å². The summed E-state index contributed by atoms with van der Waals surface area (Å²) in [5.41, 5.74) is 1.05. The number of nitriles is 1. The first kappa shape index (κ1) is 10.1. The van der Waals surface area contributed by atoms with Gasteiger partial charge in [0.05, 0.1) is 5.56 Å². The van der Waals surface area contributed by atoms with Crippen molar-refractivity contribution in [1.82, 2.24) is 15.1 Å². The molecule has 2 heterocycles. The van der Waals surface area contributed by atoms with E-state index in [-0.39, 0.29) is 0 Å². The van der Waals surface area contributed by atoms with Gasteiger partial charge in [-0.1, -0.05) is 0 Å². The molecule has 80 valence electrons. The van der Waals surface area contributed by atoms with Crippen LogP contribution in [0.3, 0.4) is 0 Å². The number of pyridine rings is 1. The molecule has 0 aliphatic rings. The minimum absolute atomic E-state index is 0.341. The zero-order valence-electron chi connectivity index (χ0n) is 8.88. The Hall–Kier alpha value is -2.42. The van der Waals surface area contributed by atoms with Gasteiger partial charge in [-0.3, -0.25) is 0 Å². The van der Waals surface area contributed by atoms with Crippen molar-refractivity contribution >= 4 is 5.95 Å². The van der Waals surface area contributed by atoms with Gasteiger partial charge in [-0.15, -0.1) is 0 Å². The molecule has 0 N–H and O–H groups in total. The molecule has 16 heavy (non-hydrogen) atoms. The fourth-order valence-electron chi connectivity index (χ4n) is 1.09. The molecule has 0 aliphatic heterocycles. The summed E-state index contributed by atoms with van der Waals surface area (Å²) >= 11 is 0. The molecule has 0 radical (unpaired) electrons. The molecule has 0 bridgehead atoms. The van der Waals surface area contributed by atoms with Crippen LogP contribution in [0.1, 0.15) is 5.56 Å². The molecule has 0 fully saturated rings. The van der Waals surface area contributed by atoms with Crippen molar-refractivity contribution in [2.24, 2.45) is 0 Å². The Kier molecular flexibility index (Phi) is 2.52. The highest BCUT2D eigenvalue weighted by Gasteiger charge is 2.10. The lowest BCUT2D eigenvalue weighted by Gasteiger charge is -2.02. The second kappa shape index (κ2) is 3.98. The maximum Gasteiger partial charge on any atom is 0.278 e. The first-order valence-electron chi connectivity index (χ1n) is 4.58. The Morgan fingerprint density at radius 1 is 1.38 bits per heavy atom. The van der Waals surface area contributed by atoms with Gasteiger partial charge >= 0.3 is 0 Å². The van der Waals surface area contributed by atoms with Gasteiger partial charge in [0.25, 0.3) is 11.8 Å². The Morgan fingerprint density at radius 3 is 2.69 bits per heavy atom. The maximum absolute atomic E-state index is 8.63. The molecule has 0 spiro atoms. The van der Waals surface area contributed by atoms with Crippen molar-refractivity contribution in [2.75, 3.05) is 19.0 Å². The van der Waals surface area contributed by atoms with Crippen LogP contribution < -0.4 is 4.90 Å². The van der Waals surface area contributed by atoms with Crippen molar-refractivity contribution in [3.63, 3.8) is 0 Å². The number of hydrogen-bond donors (Lipinski definition) is 0. The quantitative estimate of drug-likeness (QED) is 0.745. The van der Waals surface area contributed by atoms with E-state index in [1.807, 2.05) is 20.2 Å². The number of anilines is 1. The lowest BCUT2D eigenvalue weighted by atomic mass is 10.3. The first-order valence-corrected chi connectivity index (χ1v) is 4.58. The third-order valence-electron chi connectivity index (χ3n) is 1.93. The highest BCUT2D eigenvalue weighted by molar-refractivity contribution is 5.49. The van der Waals surface area contributed by atoms with Gasteiger partial charge in [-0.05, 0) is 17.3 Å². The molecule has 0 aliphatic carbocycles. The van der Waals surface area contributed by atoms with Crippen LogP contribution >= 0.6 is 0 Å². The van der Waals surface area contributed by atoms with Gasteiger partial charge in [0.1, 0.15) is 11.8 Å². The van der Waals surface area contributed by atoms with E-state index in [0.717, 1.165) is 0 Å². The second-order valence-corrected chi connectivity index (χ2v) is 3.34. The van der Waals surface area contributed by atoms with Crippen LogP contribution in [0.4, 0.5) is 5.95 Å². The molecule has 2 rings (SSSR count). The number of aromatic nitrogens is 3. The summed E-state index contributed by atoms with van der Waals surface area (Å²) in [5.74, 6) is 0.828. The van der Waals surface area contributed by atoms with Crippen LogP contribution in [0.25, 0.3) is 11.6 Å². The lowest BCUT2D eigenvalue weighted by molar-refractivity contribution is 0.429. The van der Waals surface area contributed by atoms with E-state index in [4.69, 9.17) is 9.78 Å². The monoisotopic (exact) mass is 215 g/mol. The van der Waals surface area contributed by atoms with E-state index < -0.39 is 0 Å². The van der Waals surface area contributed by atoms with Crippen LogP contribution in [0.5, 0.6) is 0 Å².